The molecule has 0 amide bonds. The van der Waals surface area contributed by atoms with Crippen molar-refractivity contribution in [1.82, 2.24) is 0 Å². The first kappa shape index (κ1) is 15.2. The van der Waals surface area contributed by atoms with Crippen LogP contribution in [0, 0.1) is 11.8 Å². The van der Waals surface area contributed by atoms with Crippen molar-refractivity contribution in [2.75, 3.05) is 0 Å². The van der Waals surface area contributed by atoms with Crippen LogP contribution in [0.1, 0.15) is 53.4 Å². The second-order valence-electron chi connectivity index (χ2n) is 5.82. The van der Waals surface area contributed by atoms with Crippen LogP contribution in [0.15, 0.2) is 42.0 Å². The Morgan fingerprint density at radius 2 is 1.32 bits per heavy atom. The van der Waals surface area contributed by atoms with Gasteiger partial charge in [0.25, 0.3) is 0 Å². The van der Waals surface area contributed by atoms with Crippen molar-refractivity contribution < 1.29 is 23.2 Å². The van der Waals surface area contributed by atoms with E-state index in [4.69, 9.17) is 0 Å². The van der Waals surface area contributed by atoms with E-state index in [0.717, 1.165) is 11.8 Å². The summed E-state index contributed by atoms with van der Waals surface area (Å²) in [7, 11) is 0. The molecule has 0 aromatic heterocycles. The number of hydrogen-bond donors (Lipinski definition) is 0. The van der Waals surface area contributed by atoms with Crippen molar-refractivity contribution >= 4 is 0 Å². The van der Waals surface area contributed by atoms with Crippen LogP contribution in [0.25, 0.3) is 0 Å². The molecule has 0 saturated heterocycles. The molecule has 2 unspecified atom stereocenters. The molecular weight excluding hydrogens is 307 g/mol. The van der Waals surface area contributed by atoms with Crippen LogP contribution >= 0.6 is 0 Å². The molecule has 0 bridgehead atoms. The fourth-order valence-corrected chi connectivity index (χ4v) is 7.14. The van der Waals surface area contributed by atoms with Gasteiger partial charge in [-0.1, -0.05) is 0 Å². The van der Waals surface area contributed by atoms with E-state index in [0.29, 0.717) is 0 Å². The molecule has 0 saturated carbocycles. The van der Waals surface area contributed by atoms with Crippen molar-refractivity contribution in [3.63, 3.8) is 0 Å². The molecule has 19 heavy (non-hydrogen) atoms. The number of hydrogen-bond acceptors (Lipinski definition) is 0. The van der Waals surface area contributed by atoms with Gasteiger partial charge in [-0.3, -0.25) is 0 Å². The van der Waals surface area contributed by atoms with Crippen LogP contribution < -0.4 is 0 Å². The summed E-state index contributed by atoms with van der Waals surface area (Å²) in [5.41, 5.74) is 3.38. The molecule has 1 heteroatoms. The first-order valence-electron chi connectivity index (χ1n) is 7.73. The average molecular weight is 334 g/mol. The third-order valence-electron chi connectivity index (χ3n) is 4.52. The van der Waals surface area contributed by atoms with Crippen molar-refractivity contribution in [1.29, 1.82) is 0 Å². The minimum absolute atomic E-state index is 0.516. The van der Waals surface area contributed by atoms with Crippen molar-refractivity contribution in [3.8, 4) is 0 Å². The molecule has 0 aromatic rings. The van der Waals surface area contributed by atoms with Gasteiger partial charge in [0, 0.05) is 0 Å². The maximum absolute atomic E-state index is 2.41. The third kappa shape index (κ3) is 3.49. The van der Waals surface area contributed by atoms with E-state index < -0.39 is 23.2 Å². The summed E-state index contributed by atoms with van der Waals surface area (Å²) in [6, 6.07) is 0. The first-order chi connectivity index (χ1) is 9.17. The van der Waals surface area contributed by atoms with E-state index in [-0.39, 0.29) is 0 Å². The van der Waals surface area contributed by atoms with Gasteiger partial charge in [-0.05, 0) is 0 Å². The molecule has 0 nitrogen and oxygen atoms in total. The Kier molecular flexibility index (Phi) is 5.63. The molecule has 0 radical (unpaired) electrons. The summed E-state index contributed by atoms with van der Waals surface area (Å²) in [5.74, 6) is 1.52. The van der Waals surface area contributed by atoms with Gasteiger partial charge in [-0.25, -0.2) is 0 Å². The van der Waals surface area contributed by atoms with Crippen LogP contribution in [0.5, 0.6) is 0 Å². The molecule has 2 atom stereocenters. The quantitative estimate of drug-likeness (QED) is 0.594. The average Bonchev–Trinajstić information content (AvgIpc) is 3.06. The minimum atomic E-state index is -0.516. The zero-order valence-corrected chi connectivity index (χ0v) is 15.3. The van der Waals surface area contributed by atoms with Gasteiger partial charge in [0.1, 0.15) is 0 Å². The second-order valence-corrected chi connectivity index (χ2v) is 9.41. The Morgan fingerprint density at radius 1 is 0.895 bits per heavy atom. The van der Waals surface area contributed by atoms with Gasteiger partial charge in [0.15, 0.2) is 0 Å². The summed E-state index contributed by atoms with van der Waals surface area (Å²) >= 11 is -0.516. The van der Waals surface area contributed by atoms with Gasteiger partial charge >= 0.3 is 130 Å². The molecule has 0 N–H and O–H groups in total. The molecule has 0 aromatic carbocycles. The summed E-state index contributed by atoms with van der Waals surface area (Å²) < 4.78 is 3.69. The van der Waals surface area contributed by atoms with E-state index in [9.17, 15) is 0 Å². The Hall–Kier alpha value is -0.157. The van der Waals surface area contributed by atoms with Crippen LogP contribution in [0.3, 0.4) is 0 Å². The fraction of sp³-hybridized carbons (Fsp3) is 0.556. The Morgan fingerprint density at radius 3 is 1.68 bits per heavy atom. The first-order valence-corrected chi connectivity index (χ1v) is 10.2. The van der Waals surface area contributed by atoms with Crippen molar-refractivity contribution in [2.24, 2.45) is 11.8 Å². The third-order valence-corrected chi connectivity index (χ3v) is 8.43. The second kappa shape index (κ2) is 7.03. The Labute approximate surface area is 130 Å². The van der Waals surface area contributed by atoms with Crippen molar-refractivity contribution in [3.05, 3.63) is 42.0 Å². The van der Waals surface area contributed by atoms with Crippen LogP contribution in [-0.2, 0) is 23.2 Å². The normalized spacial score (nSPS) is 21.5. The predicted octanol–water partition coefficient (Wildman–Crippen LogP) is 5.59. The van der Waals surface area contributed by atoms with Gasteiger partial charge < -0.3 is 0 Å². The van der Waals surface area contributed by atoms with E-state index in [1.54, 1.807) is 11.1 Å². The SMILES string of the molecule is CCC(C)C1=[C]([Zr][C]2=C(C(C)CC)C=CC2)CC=C1. The monoisotopic (exact) mass is 332 g/mol. The van der Waals surface area contributed by atoms with Crippen LogP contribution in [0.2, 0.25) is 0 Å². The van der Waals surface area contributed by atoms with E-state index in [1.165, 1.54) is 25.7 Å². The molecule has 2 aliphatic carbocycles. The van der Waals surface area contributed by atoms with Crippen molar-refractivity contribution in [2.45, 2.75) is 53.4 Å². The molecule has 0 heterocycles. The molecule has 0 aliphatic heterocycles. The van der Waals surface area contributed by atoms with Crippen LogP contribution in [0.4, 0.5) is 0 Å². The van der Waals surface area contributed by atoms with Gasteiger partial charge in [0.05, 0.1) is 0 Å². The van der Waals surface area contributed by atoms with Crippen LogP contribution in [-0.4, -0.2) is 0 Å². The molecule has 2 rings (SSSR count). The topological polar surface area (TPSA) is 0 Å². The van der Waals surface area contributed by atoms with E-state index in [2.05, 4.69) is 52.0 Å². The molecule has 0 fully saturated rings. The Bertz CT molecular complexity index is 406. The standard InChI is InChI=1S/2C9H13.Zr/c2*1-3-8(2)9-6-4-5-7-9;/h2*4,6,8H,3,5H2,1-2H3;. The number of rotatable bonds is 6. The molecule has 2 aliphatic rings. The van der Waals surface area contributed by atoms with Gasteiger partial charge in [-0.2, -0.15) is 0 Å². The van der Waals surface area contributed by atoms with E-state index >= 15 is 0 Å². The Balaban J connectivity index is 2.17. The summed E-state index contributed by atoms with van der Waals surface area (Å²) in [6.07, 6.45) is 14.7. The van der Waals surface area contributed by atoms with Gasteiger partial charge in [0.2, 0.25) is 0 Å². The molecular formula is C18H26Zr. The summed E-state index contributed by atoms with van der Waals surface area (Å²) in [5, 5.41) is 0. The van der Waals surface area contributed by atoms with E-state index in [1.807, 2.05) is 6.56 Å². The summed E-state index contributed by atoms with van der Waals surface area (Å²) in [4.78, 5) is 0. The predicted molar refractivity (Wildman–Crippen MR) is 80.5 cm³/mol. The zero-order chi connectivity index (χ0) is 13.8. The molecule has 102 valence electrons. The van der Waals surface area contributed by atoms with Gasteiger partial charge in [-0.15, -0.1) is 0 Å². The zero-order valence-electron chi connectivity index (χ0n) is 12.8. The fourth-order valence-electron chi connectivity index (χ4n) is 2.84. The maximum atomic E-state index is 2.41. The number of allylic oxidation sites excluding steroid dienone is 8. The summed E-state index contributed by atoms with van der Waals surface area (Å²) in [6.45, 7) is 9.41. The molecule has 0 spiro atoms.